The van der Waals surface area contributed by atoms with E-state index in [9.17, 15) is 14.9 Å². The zero-order chi connectivity index (χ0) is 24.9. The van der Waals surface area contributed by atoms with Gasteiger partial charge in [-0.1, -0.05) is 23.4 Å². The Morgan fingerprint density at radius 3 is 2.63 bits per heavy atom. The highest BCUT2D eigenvalue weighted by molar-refractivity contribution is 5.99. The van der Waals surface area contributed by atoms with Gasteiger partial charge in [0.2, 0.25) is 11.6 Å². The molecule has 0 spiro atoms. The SMILES string of the molecule is COc1ccccc1C/C(C)=N/NC(=O)c1nnn(-c2nonc2N)c1-c1ccc([N+](=O)[O-])cc1. The number of nitro groups is 1. The summed E-state index contributed by atoms with van der Waals surface area (Å²) in [6, 6.07) is 12.9. The lowest BCUT2D eigenvalue weighted by Gasteiger charge is -2.08. The molecule has 2 aromatic heterocycles. The number of nitrogens with two attached hydrogens (primary N) is 1. The summed E-state index contributed by atoms with van der Waals surface area (Å²) in [5, 5.41) is 30.3. The number of carbonyl (C=O) groups is 1. The summed E-state index contributed by atoms with van der Waals surface area (Å²) >= 11 is 0. The Bertz CT molecular complexity index is 1410. The number of nitro benzene ring substituents is 1. The van der Waals surface area contributed by atoms with Gasteiger partial charge in [-0.15, -0.1) is 5.10 Å². The number of nitrogens with one attached hydrogen (secondary N) is 1. The molecular weight excluding hydrogens is 458 g/mol. The summed E-state index contributed by atoms with van der Waals surface area (Å²) < 4.78 is 11.1. The van der Waals surface area contributed by atoms with E-state index in [0.29, 0.717) is 23.4 Å². The van der Waals surface area contributed by atoms with Crippen molar-refractivity contribution in [1.82, 2.24) is 30.7 Å². The average molecular weight is 477 g/mol. The van der Waals surface area contributed by atoms with Crippen molar-refractivity contribution >= 4 is 23.1 Å². The number of aromatic nitrogens is 5. The number of hydrogen-bond acceptors (Lipinski definition) is 11. The number of carbonyl (C=O) groups excluding carboxylic acids is 1. The Kier molecular flexibility index (Phi) is 6.44. The number of non-ortho nitro benzene ring substituents is 1. The maximum Gasteiger partial charge on any atom is 0.294 e. The van der Waals surface area contributed by atoms with E-state index in [1.165, 1.54) is 24.3 Å². The van der Waals surface area contributed by atoms with Crippen molar-refractivity contribution in [1.29, 1.82) is 0 Å². The minimum atomic E-state index is -0.668. The standard InChI is InChI=1S/C21H19N9O5/c1-12(11-14-5-3-4-6-16(14)34-2)23-25-21(31)17-18(13-7-9-15(10-8-13)30(32)33)29(28-24-17)20-19(22)26-35-27-20/h3-10H,11H2,1-2H3,(H2,22,26)(H,25,31)/b23-12+. The first-order valence-corrected chi connectivity index (χ1v) is 10.1. The first kappa shape index (κ1) is 23.0. The Balaban J connectivity index is 1.65. The summed E-state index contributed by atoms with van der Waals surface area (Å²) in [4.78, 5) is 23.5. The molecule has 0 aliphatic carbocycles. The van der Waals surface area contributed by atoms with Gasteiger partial charge in [0.05, 0.1) is 12.0 Å². The van der Waals surface area contributed by atoms with Crippen molar-refractivity contribution in [3.05, 3.63) is 69.9 Å². The number of anilines is 1. The highest BCUT2D eigenvalue weighted by Crippen LogP contribution is 2.28. The van der Waals surface area contributed by atoms with Crippen LogP contribution in [0.5, 0.6) is 5.75 Å². The van der Waals surface area contributed by atoms with Crippen molar-refractivity contribution < 1.29 is 19.1 Å². The van der Waals surface area contributed by atoms with Gasteiger partial charge in [0.1, 0.15) is 11.4 Å². The third-order valence-electron chi connectivity index (χ3n) is 4.92. The van der Waals surface area contributed by atoms with Crippen LogP contribution < -0.4 is 15.9 Å². The number of hydrogen-bond donors (Lipinski definition) is 2. The highest BCUT2D eigenvalue weighted by atomic mass is 16.6. The van der Waals surface area contributed by atoms with Crippen molar-refractivity contribution in [2.45, 2.75) is 13.3 Å². The van der Waals surface area contributed by atoms with Crippen LogP contribution in [0.3, 0.4) is 0 Å². The number of rotatable bonds is 8. The van der Waals surface area contributed by atoms with E-state index in [-0.39, 0.29) is 28.7 Å². The minimum Gasteiger partial charge on any atom is -0.496 e. The number of para-hydroxylation sites is 1. The lowest BCUT2D eigenvalue weighted by molar-refractivity contribution is -0.384. The Morgan fingerprint density at radius 2 is 1.97 bits per heavy atom. The van der Waals surface area contributed by atoms with E-state index < -0.39 is 10.8 Å². The normalized spacial score (nSPS) is 11.3. The van der Waals surface area contributed by atoms with Crippen LogP contribution in [0.4, 0.5) is 11.5 Å². The minimum absolute atomic E-state index is 0.000701. The van der Waals surface area contributed by atoms with Crippen LogP contribution in [0.1, 0.15) is 23.0 Å². The van der Waals surface area contributed by atoms with E-state index in [1.807, 2.05) is 24.3 Å². The smallest absolute Gasteiger partial charge is 0.294 e. The van der Waals surface area contributed by atoms with Gasteiger partial charge in [-0.25, -0.2) is 10.1 Å². The number of nitrogen functional groups attached to an aromatic ring is 1. The van der Waals surface area contributed by atoms with Crippen LogP contribution in [0, 0.1) is 10.1 Å². The second-order valence-electron chi connectivity index (χ2n) is 7.25. The third-order valence-corrected chi connectivity index (χ3v) is 4.92. The first-order chi connectivity index (χ1) is 16.9. The fourth-order valence-corrected chi connectivity index (χ4v) is 3.28. The second kappa shape index (κ2) is 9.78. The van der Waals surface area contributed by atoms with Gasteiger partial charge >= 0.3 is 0 Å². The zero-order valence-corrected chi connectivity index (χ0v) is 18.6. The molecule has 0 radical (unpaired) electrons. The molecule has 14 nitrogen and oxygen atoms in total. The molecular formula is C21H19N9O5. The van der Waals surface area contributed by atoms with Crippen LogP contribution in [0.25, 0.3) is 17.1 Å². The van der Waals surface area contributed by atoms with Crippen molar-refractivity contribution in [3.8, 4) is 22.8 Å². The number of hydrazone groups is 1. The van der Waals surface area contributed by atoms with Crippen molar-refractivity contribution in [2.75, 3.05) is 12.8 Å². The lowest BCUT2D eigenvalue weighted by Crippen LogP contribution is -2.21. The lowest BCUT2D eigenvalue weighted by atomic mass is 10.1. The molecule has 0 saturated heterocycles. The molecule has 14 heteroatoms. The third kappa shape index (κ3) is 4.80. The van der Waals surface area contributed by atoms with Crippen molar-refractivity contribution in [2.24, 2.45) is 5.10 Å². The van der Waals surface area contributed by atoms with Gasteiger partial charge in [0.25, 0.3) is 11.6 Å². The van der Waals surface area contributed by atoms with Gasteiger partial charge in [0, 0.05) is 29.8 Å². The first-order valence-electron chi connectivity index (χ1n) is 10.1. The Morgan fingerprint density at radius 1 is 1.23 bits per heavy atom. The molecule has 35 heavy (non-hydrogen) atoms. The number of amides is 1. The maximum absolute atomic E-state index is 13.0. The molecule has 1 amide bonds. The van der Waals surface area contributed by atoms with E-state index in [0.717, 1.165) is 10.2 Å². The van der Waals surface area contributed by atoms with Crippen molar-refractivity contribution in [3.63, 3.8) is 0 Å². The second-order valence-corrected chi connectivity index (χ2v) is 7.25. The van der Waals surface area contributed by atoms with Crippen LogP contribution in [0.15, 0.2) is 58.3 Å². The number of methoxy groups -OCH3 is 1. The van der Waals surface area contributed by atoms with E-state index in [1.54, 1.807) is 14.0 Å². The summed E-state index contributed by atoms with van der Waals surface area (Å²) in [6.07, 6.45) is 0.438. The summed E-state index contributed by atoms with van der Waals surface area (Å²) in [7, 11) is 1.58. The fourth-order valence-electron chi connectivity index (χ4n) is 3.28. The molecule has 0 aliphatic rings. The molecule has 178 valence electrons. The highest BCUT2D eigenvalue weighted by Gasteiger charge is 2.25. The fraction of sp³-hybridized carbons (Fsp3) is 0.143. The van der Waals surface area contributed by atoms with Gasteiger partial charge in [0.15, 0.2) is 5.69 Å². The summed E-state index contributed by atoms with van der Waals surface area (Å²) in [5.41, 5.74) is 10.1. The van der Waals surface area contributed by atoms with Crippen LogP contribution in [-0.4, -0.2) is 49.0 Å². The molecule has 3 N–H and O–H groups in total. The predicted octanol–water partition coefficient (Wildman–Crippen LogP) is 2.16. The van der Waals surface area contributed by atoms with Crippen LogP contribution >= 0.6 is 0 Å². The molecule has 0 saturated carbocycles. The van der Waals surface area contributed by atoms with Gasteiger partial charge < -0.3 is 10.5 Å². The average Bonchev–Trinajstić information content (AvgIpc) is 3.49. The van der Waals surface area contributed by atoms with Gasteiger partial charge in [-0.2, -0.15) is 9.78 Å². The molecule has 2 aromatic carbocycles. The quantitative estimate of drug-likeness (QED) is 0.216. The molecule has 2 heterocycles. The molecule has 0 fully saturated rings. The van der Waals surface area contributed by atoms with Gasteiger partial charge in [-0.05, 0) is 41.0 Å². The molecule has 0 unspecified atom stereocenters. The molecule has 0 aliphatic heterocycles. The molecule has 0 bridgehead atoms. The van der Waals surface area contributed by atoms with Crippen LogP contribution in [0.2, 0.25) is 0 Å². The molecule has 4 aromatic rings. The monoisotopic (exact) mass is 477 g/mol. The maximum atomic E-state index is 13.0. The van der Waals surface area contributed by atoms with E-state index in [4.69, 9.17) is 10.5 Å². The Hall–Kier alpha value is -5.14. The summed E-state index contributed by atoms with van der Waals surface area (Å²) in [6.45, 7) is 1.75. The predicted molar refractivity (Wildman–Crippen MR) is 123 cm³/mol. The molecule has 0 atom stereocenters. The molecule has 4 rings (SSSR count). The topological polar surface area (TPSA) is 189 Å². The van der Waals surface area contributed by atoms with E-state index in [2.05, 4.69) is 35.8 Å². The van der Waals surface area contributed by atoms with Gasteiger partial charge in [-0.3, -0.25) is 14.9 Å². The zero-order valence-electron chi connectivity index (χ0n) is 18.6. The number of ether oxygens (including phenoxy) is 1. The number of nitrogens with zero attached hydrogens (tertiary/aromatic N) is 7. The largest absolute Gasteiger partial charge is 0.496 e. The van der Waals surface area contributed by atoms with E-state index >= 15 is 0 Å². The van der Waals surface area contributed by atoms with Crippen LogP contribution in [-0.2, 0) is 6.42 Å². The summed E-state index contributed by atoms with van der Waals surface area (Å²) in [5.74, 6) is -0.0500. The Labute approximate surface area is 197 Å². The number of benzene rings is 2.